The molecule has 1 unspecified atom stereocenters. The van der Waals surface area contributed by atoms with Gasteiger partial charge in [0.15, 0.2) is 0 Å². The minimum Gasteiger partial charge on any atom is -0.427 e. The van der Waals surface area contributed by atoms with Crippen LogP contribution in [0.15, 0.2) is 27.5 Å². The molecule has 0 aromatic carbocycles. The van der Waals surface area contributed by atoms with Gasteiger partial charge in [0.05, 0.1) is 5.56 Å². The highest BCUT2D eigenvalue weighted by molar-refractivity contribution is 5.96. The molecule has 2 aromatic heterocycles. The third-order valence-electron chi connectivity index (χ3n) is 5.67. The van der Waals surface area contributed by atoms with Gasteiger partial charge in [-0.25, -0.2) is 14.8 Å². The van der Waals surface area contributed by atoms with Gasteiger partial charge >= 0.3 is 5.63 Å². The fourth-order valence-corrected chi connectivity index (χ4v) is 4.15. The number of anilines is 1. The van der Waals surface area contributed by atoms with E-state index in [0.717, 1.165) is 44.7 Å². The second kappa shape index (κ2) is 8.32. The van der Waals surface area contributed by atoms with Gasteiger partial charge < -0.3 is 19.4 Å². The first-order valence-corrected chi connectivity index (χ1v) is 10.1. The maximum Gasteiger partial charge on any atom is 0.336 e. The van der Waals surface area contributed by atoms with Crippen LogP contribution in [0.3, 0.4) is 0 Å². The largest absolute Gasteiger partial charge is 0.427 e. The van der Waals surface area contributed by atoms with Crippen molar-refractivity contribution in [3.8, 4) is 0 Å². The lowest BCUT2D eigenvalue weighted by atomic mass is 9.96. The lowest BCUT2D eigenvalue weighted by Crippen LogP contribution is -2.38. The molecule has 29 heavy (non-hydrogen) atoms. The summed E-state index contributed by atoms with van der Waals surface area (Å²) in [5, 5.41) is 3.06. The van der Waals surface area contributed by atoms with E-state index in [-0.39, 0.29) is 11.9 Å². The van der Waals surface area contributed by atoms with Crippen molar-refractivity contribution < 1.29 is 13.9 Å². The Bertz CT molecular complexity index is 926. The third-order valence-corrected chi connectivity index (χ3v) is 5.67. The number of nitrogens with zero attached hydrogens (tertiary/aromatic N) is 3. The molecule has 0 aliphatic carbocycles. The van der Waals surface area contributed by atoms with Crippen LogP contribution in [0.4, 0.5) is 5.95 Å². The number of amides is 1. The number of hydrogen-bond donors (Lipinski definition) is 1. The van der Waals surface area contributed by atoms with Crippen LogP contribution < -0.4 is 15.8 Å². The average molecular weight is 398 g/mol. The van der Waals surface area contributed by atoms with Crippen LogP contribution in [0.1, 0.15) is 52.6 Å². The first-order chi connectivity index (χ1) is 14.0. The Morgan fingerprint density at radius 3 is 2.79 bits per heavy atom. The summed E-state index contributed by atoms with van der Waals surface area (Å²) >= 11 is 0. The summed E-state index contributed by atoms with van der Waals surface area (Å²) in [5.41, 5.74) is 1.68. The SMILES string of the molecule is Cc1cc(=O)oc(C)c1C(=O)NC1CCN(c2nccc(C3CCOCC3)n2)C1. The van der Waals surface area contributed by atoms with Crippen LogP contribution in [-0.2, 0) is 4.74 Å². The lowest BCUT2D eigenvalue weighted by molar-refractivity contribution is 0.0845. The van der Waals surface area contributed by atoms with Gasteiger partial charge in [-0.3, -0.25) is 4.79 Å². The lowest BCUT2D eigenvalue weighted by Gasteiger charge is -2.23. The van der Waals surface area contributed by atoms with Gasteiger partial charge in [-0.2, -0.15) is 0 Å². The van der Waals surface area contributed by atoms with E-state index in [9.17, 15) is 9.59 Å². The second-order valence-corrected chi connectivity index (χ2v) is 7.75. The highest BCUT2D eigenvalue weighted by atomic mass is 16.5. The smallest absolute Gasteiger partial charge is 0.336 e. The van der Waals surface area contributed by atoms with Gasteiger partial charge in [0.2, 0.25) is 5.95 Å². The van der Waals surface area contributed by atoms with Crippen molar-refractivity contribution in [2.24, 2.45) is 0 Å². The molecule has 154 valence electrons. The molecule has 1 amide bonds. The number of aryl methyl sites for hydroxylation is 2. The molecule has 2 fully saturated rings. The topological polar surface area (TPSA) is 97.6 Å². The molecule has 2 aliphatic rings. The third kappa shape index (κ3) is 4.32. The Balaban J connectivity index is 1.42. The van der Waals surface area contributed by atoms with Gasteiger partial charge in [-0.1, -0.05) is 0 Å². The standard InChI is InChI=1S/C21H26N4O4/c1-13-11-18(26)29-14(2)19(13)20(27)23-16-4-8-25(12-16)21-22-7-3-17(24-21)15-5-9-28-10-6-15/h3,7,11,15-16H,4-6,8-10,12H2,1-2H3,(H,23,27). The zero-order valence-corrected chi connectivity index (χ0v) is 16.8. The van der Waals surface area contributed by atoms with Crippen molar-refractivity contribution in [2.75, 3.05) is 31.2 Å². The maximum atomic E-state index is 12.7. The van der Waals surface area contributed by atoms with E-state index in [1.165, 1.54) is 6.07 Å². The molecular formula is C21H26N4O4. The quantitative estimate of drug-likeness (QED) is 0.841. The highest BCUT2D eigenvalue weighted by Crippen LogP contribution is 2.27. The van der Waals surface area contributed by atoms with Gasteiger partial charge in [0, 0.05) is 56.2 Å². The van der Waals surface area contributed by atoms with Crippen LogP contribution in [0, 0.1) is 13.8 Å². The van der Waals surface area contributed by atoms with Crippen molar-refractivity contribution in [1.82, 2.24) is 15.3 Å². The predicted molar refractivity (Wildman–Crippen MR) is 107 cm³/mol. The second-order valence-electron chi connectivity index (χ2n) is 7.75. The van der Waals surface area contributed by atoms with Gasteiger partial charge in [0.25, 0.3) is 5.91 Å². The first kappa shape index (κ1) is 19.6. The van der Waals surface area contributed by atoms with E-state index < -0.39 is 5.63 Å². The van der Waals surface area contributed by atoms with E-state index in [2.05, 4.69) is 15.2 Å². The number of carbonyl (C=O) groups excluding carboxylic acids is 1. The van der Waals surface area contributed by atoms with Crippen molar-refractivity contribution in [3.05, 3.63) is 51.3 Å². The van der Waals surface area contributed by atoms with Gasteiger partial charge in [0.1, 0.15) is 5.76 Å². The minimum absolute atomic E-state index is 0.0106. The van der Waals surface area contributed by atoms with E-state index in [4.69, 9.17) is 14.1 Å². The van der Waals surface area contributed by atoms with Crippen LogP contribution in [-0.4, -0.2) is 48.2 Å². The Morgan fingerprint density at radius 2 is 2.03 bits per heavy atom. The van der Waals surface area contributed by atoms with Crippen LogP contribution >= 0.6 is 0 Å². The normalized spacial score (nSPS) is 20.1. The molecule has 4 rings (SSSR count). The number of ether oxygens (including phenoxy) is 1. The van der Waals surface area contributed by atoms with Crippen LogP contribution in [0.25, 0.3) is 0 Å². The monoisotopic (exact) mass is 398 g/mol. The molecule has 8 nitrogen and oxygen atoms in total. The van der Waals surface area contributed by atoms with E-state index in [1.807, 2.05) is 12.3 Å². The van der Waals surface area contributed by atoms with Gasteiger partial charge in [-0.05, 0) is 44.7 Å². The maximum absolute atomic E-state index is 12.7. The Morgan fingerprint density at radius 1 is 1.24 bits per heavy atom. The number of nitrogens with one attached hydrogen (secondary N) is 1. The van der Waals surface area contributed by atoms with E-state index >= 15 is 0 Å². The molecule has 2 aromatic rings. The fraction of sp³-hybridized carbons (Fsp3) is 0.524. The molecule has 1 N–H and O–H groups in total. The summed E-state index contributed by atoms with van der Waals surface area (Å²) in [5.74, 6) is 1.26. The minimum atomic E-state index is -0.440. The summed E-state index contributed by atoms with van der Waals surface area (Å²) < 4.78 is 10.5. The molecule has 0 spiro atoms. The molecule has 1 atom stereocenters. The Labute approximate surface area is 169 Å². The molecule has 2 saturated heterocycles. The first-order valence-electron chi connectivity index (χ1n) is 10.1. The molecule has 0 saturated carbocycles. The summed E-state index contributed by atoms with van der Waals surface area (Å²) in [6.07, 6.45) is 4.60. The molecule has 4 heterocycles. The van der Waals surface area contributed by atoms with E-state index in [1.54, 1.807) is 13.8 Å². The Hall–Kier alpha value is -2.74. The summed E-state index contributed by atoms with van der Waals surface area (Å²) in [4.78, 5) is 35.5. The number of carbonyl (C=O) groups is 1. The van der Waals surface area contributed by atoms with Gasteiger partial charge in [-0.15, -0.1) is 0 Å². The molecule has 2 aliphatic heterocycles. The molecule has 0 bridgehead atoms. The Kier molecular flexibility index (Phi) is 5.62. The summed E-state index contributed by atoms with van der Waals surface area (Å²) in [6, 6.07) is 3.32. The summed E-state index contributed by atoms with van der Waals surface area (Å²) in [6.45, 7) is 6.37. The van der Waals surface area contributed by atoms with Crippen LogP contribution in [0.2, 0.25) is 0 Å². The number of hydrogen-bond acceptors (Lipinski definition) is 7. The van der Waals surface area contributed by atoms with Crippen molar-refractivity contribution in [1.29, 1.82) is 0 Å². The van der Waals surface area contributed by atoms with Crippen molar-refractivity contribution in [2.45, 2.75) is 45.1 Å². The van der Waals surface area contributed by atoms with Crippen LogP contribution in [0.5, 0.6) is 0 Å². The van der Waals surface area contributed by atoms with Crippen molar-refractivity contribution in [3.63, 3.8) is 0 Å². The number of aromatic nitrogens is 2. The number of rotatable bonds is 4. The molecular weight excluding hydrogens is 372 g/mol. The predicted octanol–water partition coefficient (Wildman–Crippen LogP) is 1.95. The van der Waals surface area contributed by atoms with E-state index in [0.29, 0.717) is 35.3 Å². The zero-order chi connectivity index (χ0) is 20.4. The molecule has 0 radical (unpaired) electrons. The summed E-state index contributed by atoms with van der Waals surface area (Å²) in [7, 11) is 0. The average Bonchev–Trinajstić information content (AvgIpc) is 3.16. The van der Waals surface area contributed by atoms with Crippen molar-refractivity contribution >= 4 is 11.9 Å². The molecule has 8 heteroatoms. The highest BCUT2D eigenvalue weighted by Gasteiger charge is 2.28. The zero-order valence-electron chi connectivity index (χ0n) is 16.8. The fourth-order valence-electron chi connectivity index (χ4n) is 4.15.